The van der Waals surface area contributed by atoms with Gasteiger partial charge in [0.15, 0.2) is 0 Å². The molecule has 112 valence electrons. The largest absolute Gasteiger partial charge is 0.391 e. The summed E-state index contributed by atoms with van der Waals surface area (Å²) in [6, 6.07) is 2.10. The number of nitrogens with one attached hydrogen (secondary N) is 1. The van der Waals surface area contributed by atoms with Crippen LogP contribution in [-0.2, 0) is 0 Å². The maximum Gasteiger partial charge on any atom is 0.268 e. The second-order valence-electron chi connectivity index (χ2n) is 5.54. The van der Waals surface area contributed by atoms with Gasteiger partial charge in [0, 0.05) is 18.8 Å². The van der Waals surface area contributed by atoms with Crippen LogP contribution in [0.3, 0.4) is 0 Å². The molecule has 4 nitrogen and oxygen atoms in total. The molecule has 0 aliphatic heterocycles. The first kappa shape index (κ1) is 15.4. The minimum Gasteiger partial charge on any atom is -0.391 e. The van der Waals surface area contributed by atoms with E-state index in [2.05, 4.69) is 19.2 Å². The normalized spacial score (nSPS) is 16.4. The van der Waals surface area contributed by atoms with E-state index in [0.29, 0.717) is 23.3 Å². The summed E-state index contributed by atoms with van der Waals surface area (Å²) >= 11 is 5.99. The summed E-state index contributed by atoms with van der Waals surface area (Å²) in [5, 5.41) is 13.5. The Balaban J connectivity index is 1.95. The lowest BCUT2D eigenvalue weighted by molar-refractivity contribution is 0.0809. The van der Waals surface area contributed by atoms with E-state index in [9.17, 15) is 9.90 Å². The van der Waals surface area contributed by atoms with E-state index in [0.717, 1.165) is 25.7 Å². The number of hydrogen-bond acceptors (Lipinski definition) is 2. The average molecular weight is 299 g/mol. The van der Waals surface area contributed by atoms with Gasteiger partial charge in [-0.05, 0) is 24.8 Å². The standard InChI is InChI=1S/C15H23ClN2O2/c1-3-10(4-2)14(19)8-17-15(20)13-7-11(16)9-18(13)12-5-6-12/h7,9-10,12,14,19H,3-6,8H2,1-2H3,(H,17,20). The number of aromatic nitrogens is 1. The zero-order chi connectivity index (χ0) is 14.7. The zero-order valence-electron chi connectivity index (χ0n) is 12.1. The molecule has 1 aliphatic carbocycles. The van der Waals surface area contributed by atoms with E-state index in [1.54, 1.807) is 6.07 Å². The van der Waals surface area contributed by atoms with Crippen molar-refractivity contribution < 1.29 is 9.90 Å². The summed E-state index contributed by atoms with van der Waals surface area (Å²) < 4.78 is 1.95. The zero-order valence-corrected chi connectivity index (χ0v) is 12.9. The molecule has 20 heavy (non-hydrogen) atoms. The third-order valence-electron chi connectivity index (χ3n) is 4.05. The molecule has 0 bridgehead atoms. The Bertz CT molecular complexity index is 464. The number of carbonyl (C=O) groups excluding carboxylic acids is 1. The van der Waals surface area contributed by atoms with Crippen molar-refractivity contribution in [3.05, 3.63) is 23.0 Å². The Morgan fingerprint density at radius 3 is 2.70 bits per heavy atom. The van der Waals surface area contributed by atoms with Gasteiger partial charge in [0.1, 0.15) is 5.69 Å². The van der Waals surface area contributed by atoms with Crippen molar-refractivity contribution in [1.82, 2.24) is 9.88 Å². The summed E-state index contributed by atoms with van der Waals surface area (Å²) in [7, 11) is 0. The molecule has 5 heteroatoms. The molecule has 1 heterocycles. The van der Waals surface area contributed by atoms with Gasteiger partial charge >= 0.3 is 0 Å². The molecule has 1 aromatic rings. The topological polar surface area (TPSA) is 54.3 Å². The van der Waals surface area contributed by atoms with Crippen molar-refractivity contribution in [2.75, 3.05) is 6.54 Å². The first-order valence-corrected chi connectivity index (χ1v) is 7.78. The van der Waals surface area contributed by atoms with Crippen LogP contribution in [0, 0.1) is 5.92 Å². The summed E-state index contributed by atoms with van der Waals surface area (Å²) in [6.07, 6.45) is 5.35. The highest BCUT2D eigenvalue weighted by Crippen LogP contribution is 2.37. The molecule has 1 aliphatic rings. The lowest BCUT2D eigenvalue weighted by atomic mass is 9.96. The maximum atomic E-state index is 12.2. The third kappa shape index (κ3) is 3.55. The fraction of sp³-hybridized carbons (Fsp3) is 0.667. The van der Waals surface area contributed by atoms with Crippen LogP contribution in [0.4, 0.5) is 0 Å². The monoisotopic (exact) mass is 298 g/mol. The van der Waals surface area contributed by atoms with Crippen LogP contribution in [0.2, 0.25) is 5.02 Å². The molecule has 1 fully saturated rings. The van der Waals surface area contributed by atoms with E-state index in [1.165, 1.54) is 0 Å². The Morgan fingerprint density at radius 1 is 1.50 bits per heavy atom. The van der Waals surface area contributed by atoms with Crippen molar-refractivity contribution in [2.24, 2.45) is 5.92 Å². The minimum absolute atomic E-state index is 0.159. The molecular weight excluding hydrogens is 276 g/mol. The van der Waals surface area contributed by atoms with Gasteiger partial charge in [-0.2, -0.15) is 0 Å². The van der Waals surface area contributed by atoms with Crippen LogP contribution in [-0.4, -0.2) is 28.2 Å². The number of nitrogens with zero attached hydrogens (tertiary/aromatic N) is 1. The van der Waals surface area contributed by atoms with Gasteiger partial charge in [-0.1, -0.05) is 38.3 Å². The van der Waals surface area contributed by atoms with Crippen molar-refractivity contribution >= 4 is 17.5 Å². The molecular formula is C15H23ClN2O2. The molecule has 1 saturated carbocycles. The lowest BCUT2D eigenvalue weighted by Crippen LogP contribution is -2.36. The molecule has 0 spiro atoms. The van der Waals surface area contributed by atoms with Crippen LogP contribution in [0.1, 0.15) is 56.1 Å². The number of halogens is 1. The summed E-state index contributed by atoms with van der Waals surface area (Å²) in [6.45, 7) is 4.40. The van der Waals surface area contributed by atoms with Gasteiger partial charge in [-0.25, -0.2) is 0 Å². The van der Waals surface area contributed by atoms with Gasteiger partial charge in [0.2, 0.25) is 0 Å². The quantitative estimate of drug-likeness (QED) is 0.813. The molecule has 1 atom stereocenters. The first-order valence-electron chi connectivity index (χ1n) is 7.40. The summed E-state index contributed by atoms with van der Waals surface area (Å²) in [5.74, 6) is 0.0721. The SMILES string of the molecule is CCC(CC)C(O)CNC(=O)c1cc(Cl)cn1C1CC1. The van der Waals surface area contributed by atoms with Gasteiger partial charge in [-0.3, -0.25) is 4.79 Å². The number of aliphatic hydroxyl groups is 1. The van der Waals surface area contributed by atoms with Crippen LogP contribution in [0.15, 0.2) is 12.3 Å². The van der Waals surface area contributed by atoms with Crippen molar-refractivity contribution in [1.29, 1.82) is 0 Å². The fourth-order valence-corrected chi connectivity index (χ4v) is 2.78. The van der Waals surface area contributed by atoms with Crippen molar-refractivity contribution in [3.8, 4) is 0 Å². The Hall–Kier alpha value is -1.00. The lowest BCUT2D eigenvalue weighted by Gasteiger charge is -2.20. The Morgan fingerprint density at radius 2 is 2.15 bits per heavy atom. The smallest absolute Gasteiger partial charge is 0.268 e. The first-order chi connectivity index (χ1) is 9.56. The van der Waals surface area contributed by atoms with Crippen molar-refractivity contribution in [3.63, 3.8) is 0 Å². The van der Waals surface area contributed by atoms with Gasteiger partial charge < -0.3 is 15.0 Å². The second kappa shape index (κ2) is 6.64. The molecule has 0 aromatic carbocycles. The molecule has 1 aromatic heterocycles. The Labute approximate surface area is 125 Å². The number of rotatable bonds is 7. The fourth-order valence-electron chi connectivity index (χ4n) is 2.57. The molecule has 1 unspecified atom stereocenters. The van der Waals surface area contributed by atoms with Crippen LogP contribution >= 0.6 is 11.6 Å². The van der Waals surface area contributed by atoms with E-state index >= 15 is 0 Å². The number of aliphatic hydroxyl groups excluding tert-OH is 1. The van der Waals surface area contributed by atoms with Gasteiger partial charge in [0.05, 0.1) is 11.1 Å². The minimum atomic E-state index is -0.492. The number of hydrogen-bond donors (Lipinski definition) is 2. The van der Waals surface area contributed by atoms with E-state index < -0.39 is 6.10 Å². The van der Waals surface area contributed by atoms with Crippen LogP contribution in [0.25, 0.3) is 0 Å². The molecule has 2 N–H and O–H groups in total. The predicted octanol–water partition coefficient (Wildman–Crippen LogP) is 3.00. The maximum absolute atomic E-state index is 12.2. The third-order valence-corrected chi connectivity index (χ3v) is 4.26. The highest BCUT2D eigenvalue weighted by molar-refractivity contribution is 6.31. The average Bonchev–Trinajstić information content (AvgIpc) is 3.20. The van der Waals surface area contributed by atoms with Gasteiger partial charge in [0.25, 0.3) is 5.91 Å². The Kier molecular flexibility index (Phi) is 5.11. The molecule has 0 saturated heterocycles. The summed E-state index contributed by atoms with van der Waals surface area (Å²) in [4.78, 5) is 12.2. The second-order valence-corrected chi connectivity index (χ2v) is 5.97. The van der Waals surface area contributed by atoms with E-state index in [-0.39, 0.29) is 11.8 Å². The van der Waals surface area contributed by atoms with Crippen LogP contribution < -0.4 is 5.32 Å². The van der Waals surface area contributed by atoms with Crippen molar-refractivity contribution in [2.45, 2.75) is 51.7 Å². The van der Waals surface area contributed by atoms with Crippen LogP contribution in [0.5, 0.6) is 0 Å². The molecule has 0 radical (unpaired) electrons. The van der Waals surface area contributed by atoms with E-state index in [1.807, 2.05) is 10.8 Å². The number of carbonyl (C=O) groups is 1. The highest BCUT2D eigenvalue weighted by Gasteiger charge is 2.28. The number of amides is 1. The summed E-state index contributed by atoms with van der Waals surface area (Å²) in [5.41, 5.74) is 0.592. The van der Waals surface area contributed by atoms with Gasteiger partial charge in [-0.15, -0.1) is 0 Å². The molecule has 2 rings (SSSR count). The molecule has 1 amide bonds. The van der Waals surface area contributed by atoms with E-state index in [4.69, 9.17) is 11.6 Å². The highest BCUT2D eigenvalue weighted by atomic mass is 35.5. The predicted molar refractivity (Wildman–Crippen MR) is 80.1 cm³/mol.